The summed E-state index contributed by atoms with van der Waals surface area (Å²) in [5.41, 5.74) is 0.843. The monoisotopic (exact) mass is 254 g/mol. The maximum Gasteiger partial charge on any atom is 0.126 e. The van der Waals surface area contributed by atoms with E-state index in [4.69, 9.17) is 0 Å². The van der Waals surface area contributed by atoms with Crippen molar-refractivity contribution in [3.05, 3.63) is 35.4 Å². The van der Waals surface area contributed by atoms with Crippen molar-refractivity contribution in [3.63, 3.8) is 0 Å². The maximum atomic E-state index is 13.4. The molecule has 1 aliphatic carbocycles. The Hall–Kier alpha value is -1.00. The van der Waals surface area contributed by atoms with Crippen LogP contribution in [0.3, 0.4) is 0 Å². The number of halogens is 2. The highest BCUT2D eigenvalue weighted by atomic mass is 19.1. The van der Waals surface area contributed by atoms with Crippen LogP contribution in [-0.2, 0) is 6.42 Å². The first-order valence-electron chi connectivity index (χ1n) is 6.44. The Morgan fingerprint density at radius 1 is 1.22 bits per heavy atom. The number of hydrogen-bond acceptors (Lipinski definition) is 2. The summed E-state index contributed by atoms with van der Waals surface area (Å²) in [7, 11) is 1.96. The zero-order chi connectivity index (χ0) is 13.0. The molecule has 0 unspecified atom stereocenters. The SMILES string of the molecule is CNCC1(CNCCc2cc(F)ccc2F)CC1. The second kappa shape index (κ2) is 5.76. The first kappa shape index (κ1) is 13.4. The molecule has 0 spiro atoms. The van der Waals surface area contributed by atoms with Crippen LogP contribution in [0.25, 0.3) is 0 Å². The van der Waals surface area contributed by atoms with Crippen molar-refractivity contribution in [2.45, 2.75) is 19.3 Å². The molecule has 1 aliphatic rings. The van der Waals surface area contributed by atoms with Crippen molar-refractivity contribution in [1.82, 2.24) is 10.6 Å². The van der Waals surface area contributed by atoms with Crippen molar-refractivity contribution in [2.24, 2.45) is 5.41 Å². The molecule has 18 heavy (non-hydrogen) atoms. The molecule has 0 radical (unpaired) electrons. The van der Waals surface area contributed by atoms with E-state index in [-0.39, 0.29) is 11.6 Å². The van der Waals surface area contributed by atoms with Crippen LogP contribution in [0, 0.1) is 17.0 Å². The predicted octanol–water partition coefficient (Wildman–Crippen LogP) is 2.10. The summed E-state index contributed by atoms with van der Waals surface area (Å²) in [6, 6.07) is 3.62. The lowest BCUT2D eigenvalue weighted by Crippen LogP contribution is -2.32. The van der Waals surface area contributed by atoms with E-state index in [0.29, 0.717) is 23.9 Å². The minimum Gasteiger partial charge on any atom is -0.319 e. The van der Waals surface area contributed by atoms with Gasteiger partial charge < -0.3 is 10.6 Å². The van der Waals surface area contributed by atoms with Crippen LogP contribution in [0.2, 0.25) is 0 Å². The highest BCUT2D eigenvalue weighted by molar-refractivity contribution is 5.19. The van der Waals surface area contributed by atoms with Crippen LogP contribution in [0.15, 0.2) is 18.2 Å². The highest BCUT2D eigenvalue weighted by Crippen LogP contribution is 2.44. The summed E-state index contributed by atoms with van der Waals surface area (Å²) in [6.07, 6.45) is 3.02. The molecule has 1 saturated carbocycles. The van der Waals surface area contributed by atoms with Crippen molar-refractivity contribution in [3.8, 4) is 0 Å². The van der Waals surface area contributed by atoms with Gasteiger partial charge in [-0.3, -0.25) is 0 Å². The summed E-state index contributed by atoms with van der Waals surface area (Å²) in [5, 5.41) is 6.54. The van der Waals surface area contributed by atoms with Gasteiger partial charge in [-0.25, -0.2) is 8.78 Å². The van der Waals surface area contributed by atoms with Crippen LogP contribution < -0.4 is 10.6 Å². The van der Waals surface area contributed by atoms with Gasteiger partial charge in [-0.05, 0) is 62.0 Å². The Labute approximate surface area is 107 Å². The smallest absolute Gasteiger partial charge is 0.126 e. The van der Waals surface area contributed by atoms with Gasteiger partial charge in [0, 0.05) is 13.1 Å². The Balaban J connectivity index is 1.74. The van der Waals surface area contributed by atoms with E-state index in [2.05, 4.69) is 10.6 Å². The number of nitrogens with one attached hydrogen (secondary N) is 2. The van der Waals surface area contributed by atoms with Gasteiger partial charge >= 0.3 is 0 Å². The average Bonchev–Trinajstić information content (AvgIpc) is 3.10. The van der Waals surface area contributed by atoms with E-state index in [1.807, 2.05) is 7.05 Å². The lowest BCUT2D eigenvalue weighted by atomic mass is 10.1. The zero-order valence-corrected chi connectivity index (χ0v) is 10.7. The van der Waals surface area contributed by atoms with Gasteiger partial charge in [0.05, 0.1) is 0 Å². The zero-order valence-electron chi connectivity index (χ0n) is 10.7. The van der Waals surface area contributed by atoms with E-state index in [1.54, 1.807) is 0 Å². The molecule has 0 atom stereocenters. The molecule has 0 heterocycles. The fourth-order valence-corrected chi connectivity index (χ4v) is 2.28. The normalized spacial score (nSPS) is 16.8. The Kier molecular flexibility index (Phi) is 4.30. The quantitative estimate of drug-likeness (QED) is 0.728. The van der Waals surface area contributed by atoms with Crippen LogP contribution >= 0.6 is 0 Å². The van der Waals surface area contributed by atoms with Gasteiger partial charge in [-0.1, -0.05) is 0 Å². The van der Waals surface area contributed by atoms with Crippen LogP contribution in [-0.4, -0.2) is 26.7 Å². The largest absolute Gasteiger partial charge is 0.319 e. The molecule has 0 bridgehead atoms. The van der Waals surface area contributed by atoms with E-state index >= 15 is 0 Å². The first-order valence-corrected chi connectivity index (χ1v) is 6.44. The first-order chi connectivity index (χ1) is 8.65. The Bertz CT molecular complexity index is 403. The Morgan fingerprint density at radius 3 is 2.67 bits per heavy atom. The minimum absolute atomic E-state index is 0.324. The van der Waals surface area contributed by atoms with E-state index in [9.17, 15) is 8.78 Å². The minimum atomic E-state index is -0.375. The van der Waals surface area contributed by atoms with Gasteiger partial charge in [-0.2, -0.15) is 0 Å². The number of benzene rings is 1. The topological polar surface area (TPSA) is 24.1 Å². The average molecular weight is 254 g/mol. The Morgan fingerprint density at radius 2 is 2.00 bits per heavy atom. The van der Waals surface area contributed by atoms with Gasteiger partial charge in [0.1, 0.15) is 11.6 Å². The molecule has 1 aromatic carbocycles. The fraction of sp³-hybridized carbons (Fsp3) is 0.571. The molecular weight excluding hydrogens is 234 g/mol. The van der Waals surface area contributed by atoms with Crippen LogP contribution in [0.1, 0.15) is 18.4 Å². The molecule has 0 aliphatic heterocycles. The third-order valence-corrected chi connectivity index (χ3v) is 3.59. The molecule has 2 rings (SSSR count). The van der Waals surface area contributed by atoms with Crippen LogP contribution in [0.5, 0.6) is 0 Å². The van der Waals surface area contributed by atoms with Crippen LogP contribution in [0.4, 0.5) is 8.78 Å². The van der Waals surface area contributed by atoms with Crippen molar-refractivity contribution >= 4 is 0 Å². The number of hydrogen-bond donors (Lipinski definition) is 2. The molecule has 1 fully saturated rings. The fourth-order valence-electron chi connectivity index (χ4n) is 2.28. The molecule has 0 amide bonds. The van der Waals surface area contributed by atoms with E-state index < -0.39 is 0 Å². The summed E-state index contributed by atoms with van der Waals surface area (Å²) in [5.74, 6) is -0.699. The highest BCUT2D eigenvalue weighted by Gasteiger charge is 2.41. The predicted molar refractivity (Wildman–Crippen MR) is 68.5 cm³/mol. The van der Waals surface area contributed by atoms with Gasteiger partial charge in [0.2, 0.25) is 0 Å². The second-order valence-electron chi connectivity index (χ2n) is 5.19. The molecular formula is C14H20F2N2. The second-order valence-corrected chi connectivity index (χ2v) is 5.19. The molecule has 2 N–H and O–H groups in total. The third-order valence-electron chi connectivity index (χ3n) is 3.59. The summed E-state index contributed by atoms with van der Waals surface area (Å²) in [6.45, 7) is 2.66. The summed E-state index contributed by atoms with van der Waals surface area (Å²) >= 11 is 0. The third kappa shape index (κ3) is 3.50. The molecule has 100 valence electrons. The molecule has 0 aromatic heterocycles. The summed E-state index contributed by atoms with van der Waals surface area (Å²) in [4.78, 5) is 0. The van der Waals surface area contributed by atoms with Gasteiger partial charge in [0.15, 0.2) is 0 Å². The lowest BCUT2D eigenvalue weighted by molar-refractivity contribution is 0.439. The van der Waals surface area contributed by atoms with Crippen molar-refractivity contribution in [1.29, 1.82) is 0 Å². The summed E-state index contributed by atoms with van der Waals surface area (Å²) < 4.78 is 26.3. The van der Waals surface area contributed by atoms with Gasteiger partial charge in [-0.15, -0.1) is 0 Å². The number of rotatable bonds is 7. The van der Waals surface area contributed by atoms with Crippen molar-refractivity contribution < 1.29 is 8.78 Å². The maximum absolute atomic E-state index is 13.4. The molecule has 4 heteroatoms. The van der Waals surface area contributed by atoms with Crippen molar-refractivity contribution in [2.75, 3.05) is 26.7 Å². The van der Waals surface area contributed by atoms with Gasteiger partial charge in [0.25, 0.3) is 0 Å². The van der Waals surface area contributed by atoms with E-state index in [1.165, 1.54) is 25.0 Å². The molecule has 2 nitrogen and oxygen atoms in total. The molecule has 0 saturated heterocycles. The standard InChI is InChI=1S/C14H20F2N2/c1-17-9-14(5-6-14)10-18-7-4-11-8-12(15)2-3-13(11)16/h2-3,8,17-18H,4-7,9-10H2,1H3. The lowest BCUT2D eigenvalue weighted by Gasteiger charge is -2.15. The van der Waals surface area contributed by atoms with E-state index in [0.717, 1.165) is 19.2 Å². The molecule has 1 aromatic rings.